The van der Waals surface area contributed by atoms with Crippen molar-refractivity contribution in [1.82, 2.24) is 4.90 Å². The number of piperidine rings is 1. The Morgan fingerprint density at radius 3 is 2.63 bits per heavy atom. The fourth-order valence-corrected chi connectivity index (χ4v) is 2.92. The Morgan fingerprint density at radius 2 is 2.11 bits per heavy atom. The van der Waals surface area contributed by atoms with Crippen LogP contribution in [-0.2, 0) is 4.79 Å². The number of carbonyl (C=O) groups is 1. The second kappa shape index (κ2) is 7.25. The van der Waals surface area contributed by atoms with Crippen molar-refractivity contribution in [3.05, 3.63) is 0 Å². The normalized spacial score (nSPS) is 25.7. The van der Waals surface area contributed by atoms with Crippen molar-refractivity contribution in [2.75, 3.05) is 19.6 Å². The van der Waals surface area contributed by atoms with Gasteiger partial charge in [0.15, 0.2) is 0 Å². The molecule has 0 aliphatic carbocycles. The Labute approximate surface area is 117 Å². The third-order valence-corrected chi connectivity index (χ3v) is 4.24. The SMILES string of the molecule is CC(C)C(CCN)CCC(=O)N1CCCC(C)(O)C1. The summed E-state index contributed by atoms with van der Waals surface area (Å²) in [4.78, 5) is 14.0. The van der Waals surface area contributed by atoms with Crippen molar-refractivity contribution in [2.45, 2.75) is 58.5 Å². The van der Waals surface area contributed by atoms with Gasteiger partial charge < -0.3 is 15.7 Å². The second-order valence-electron chi connectivity index (χ2n) is 6.54. The average Bonchev–Trinajstić information content (AvgIpc) is 2.32. The molecule has 0 aromatic heterocycles. The minimum absolute atomic E-state index is 0.183. The molecule has 0 bridgehead atoms. The monoisotopic (exact) mass is 270 g/mol. The molecule has 0 aromatic rings. The fraction of sp³-hybridized carbons (Fsp3) is 0.933. The lowest BCUT2D eigenvalue weighted by Gasteiger charge is -2.37. The van der Waals surface area contributed by atoms with Crippen molar-refractivity contribution in [3.63, 3.8) is 0 Å². The van der Waals surface area contributed by atoms with Gasteiger partial charge in [0.2, 0.25) is 5.91 Å². The van der Waals surface area contributed by atoms with E-state index in [4.69, 9.17) is 5.73 Å². The summed E-state index contributed by atoms with van der Waals surface area (Å²) in [6.07, 6.45) is 4.17. The molecule has 2 atom stereocenters. The number of amides is 1. The van der Waals surface area contributed by atoms with Crippen LogP contribution in [0.15, 0.2) is 0 Å². The van der Waals surface area contributed by atoms with Gasteiger partial charge in [-0.05, 0) is 51.0 Å². The van der Waals surface area contributed by atoms with Crippen molar-refractivity contribution in [2.24, 2.45) is 17.6 Å². The molecule has 4 nitrogen and oxygen atoms in total. The van der Waals surface area contributed by atoms with Crippen LogP contribution < -0.4 is 5.73 Å². The van der Waals surface area contributed by atoms with Crippen LogP contribution >= 0.6 is 0 Å². The standard InChI is InChI=1S/C15H30N2O2/c1-12(2)13(7-9-16)5-6-14(18)17-10-4-8-15(3,19)11-17/h12-13,19H,4-11,16H2,1-3H3. The molecule has 0 radical (unpaired) electrons. The molecule has 1 saturated heterocycles. The third kappa shape index (κ3) is 5.49. The summed E-state index contributed by atoms with van der Waals surface area (Å²) in [5.74, 6) is 1.28. The molecule has 3 N–H and O–H groups in total. The van der Waals surface area contributed by atoms with E-state index < -0.39 is 5.60 Å². The Morgan fingerprint density at radius 1 is 1.42 bits per heavy atom. The number of hydrogen-bond donors (Lipinski definition) is 2. The maximum atomic E-state index is 12.2. The summed E-state index contributed by atoms with van der Waals surface area (Å²) >= 11 is 0. The summed E-state index contributed by atoms with van der Waals surface area (Å²) < 4.78 is 0. The summed E-state index contributed by atoms with van der Waals surface area (Å²) in [7, 11) is 0. The maximum absolute atomic E-state index is 12.2. The van der Waals surface area contributed by atoms with Crippen molar-refractivity contribution >= 4 is 5.91 Å². The molecule has 1 aliphatic rings. The van der Waals surface area contributed by atoms with Crippen LogP contribution in [-0.4, -0.2) is 41.1 Å². The zero-order valence-electron chi connectivity index (χ0n) is 12.7. The highest BCUT2D eigenvalue weighted by Gasteiger charge is 2.30. The number of hydrogen-bond acceptors (Lipinski definition) is 3. The average molecular weight is 270 g/mol. The molecule has 1 rings (SSSR count). The largest absolute Gasteiger partial charge is 0.388 e. The van der Waals surface area contributed by atoms with Crippen molar-refractivity contribution in [1.29, 1.82) is 0 Å². The van der Waals surface area contributed by atoms with E-state index in [0.29, 0.717) is 31.3 Å². The lowest BCUT2D eigenvalue weighted by Crippen LogP contribution is -2.48. The highest BCUT2D eigenvalue weighted by molar-refractivity contribution is 5.76. The number of aliphatic hydroxyl groups is 1. The van der Waals surface area contributed by atoms with Gasteiger partial charge >= 0.3 is 0 Å². The molecular weight excluding hydrogens is 240 g/mol. The Balaban J connectivity index is 2.41. The molecule has 0 aromatic carbocycles. The molecular formula is C15H30N2O2. The maximum Gasteiger partial charge on any atom is 0.222 e. The van der Waals surface area contributed by atoms with Crippen molar-refractivity contribution < 1.29 is 9.90 Å². The van der Waals surface area contributed by atoms with Gasteiger partial charge in [0.05, 0.1) is 5.60 Å². The molecule has 19 heavy (non-hydrogen) atoms. The molecule has 112 valence electrons. The fourth-order valence-electron chi connectivity index (χ4n) is 2.92. The predicted molar refractivity (Wildman–Crippen MR) is 77.7 cm³/mol. The first-order valence-corrected chi connectivity index (χ1v) is 7.56. The van der Waals surface area contributed by atoms with Crippen molar-refractivity contribution in [3.8, 4) is 0 Å². The smallest absolute Gasteiger partial charge is 0.222 e. The first-order chi connectivity index (χ1) is 8.85. The van der Waals surface area contributed by atoms with Crippen LogP contribution in [0.25, 0.3) is 0 Å². The Hall–Kier alpha value is -0.610. The lowest BCUT2D eigenvalue weighted by atomic mass is 9.88. The molecule has 0 spiro atoms. The first kappa shape index (κ1) is 16.4. The highest BCUT2D eigenvalue weighted by Crippen LogP contribution is 2.24. The molecule has 4 heteroatoms. The quantitative estimate of drug-likeness (QED) is 0.773. The van der Waals surface area contributed by atoms with Crippen LogP contribution in [0.5, 0.6) is 0 Å². The van der Waals surface area contributed by atoms with E-state index in [0.717, 1.165) is 32.2 Å². The minimum Gasteiger partial charge on any atom is -0.388 e. The minimum atomic E-state index is -0.706. The van der Waals surface area contributed by atoms with Gasteiger partial charge in [-0.2, -0.15) is 0 Å². The third-order valence-electron chi connectivity index (χ3n) is 4.24. The van der Waals surface area contributed by atoms with Gasteiger partial charge in [0, 0.05) is 19.5 Å². The molecule has 1 fully saturated rings. The van der Waals surface area contributed by atoms with E-state index in [9.17, 15) is 9.90 Å². The number of nitrogens with two attached hydrogens (primary N) is 1. The molecule has 1 heterocycles. The van der Waals surface area contributed by atoms with Crippen LogP contribution in [0, 0.1) is 11.8 Å². The Bertz CT molecular complexity index is 290. The lowest BCUT2D eigenvalue weighted by molar-refractivity contribution is -0.137. The summed E-state index contributed by atoms with van der Waals surface area (Å²) in [6.45, 7) is 8.16. The van der Waals surface area contributed by atoms with Gasteiger partial charge in [-0.15, -0.1) is 0 Å². The predicted octanol–water partition coefficient (Wildman–Crippen LogP) is 1.76. The van der Waals surface area contributed by atoms with E-state index in [2.05, 4.69) is 13.8 Å². The Kier molecular flexibility index (Phi) is 6.27. The molecule has 1 aliphatic heterocycles. The van der Waals surface area contributed by atoms with E-state index >= 15 is 0 Å². The first-order valence-electron chi connectivity index (χ1n) is 7.56. The number of β-amino-alcohol motifs (C(OH)–C–C–N with tert-alkyl or cyclic N) is 1. The van der Waals surface area contributed by atoms with Crippen LogP contribution in [0.4, 0.5) is 0 Å². The summed E-state index contributed by atoms with van der Waals surface area (Å²) in [5, 5.41) is 10.0. The van der Waals surface area contributed by atoms with E-state index in [1.807, 2.05) is 11.8 Å². The topological polar surface area (TPSA) is 66.6 Å². The number of rotatable bonds is 6. The number of nitrogens with zero attached hydrogens (tertiary/aromatic N) is 1. The van der Waals surface area contributed by atoms with E-state index in [1.165, 1.54) is 0 Å². The van der Waals surface area contributed by atoms with Gasteiger partial charge in [-0.25, -0.2) is 0 Å². The van der Waals surface area contributed by atoms with E-state index in [-0.39, 0.29) is 5.91 Å². The van der Waals surface area contributed by atoms with E-state index in [1.54, 1.807) is 0 Å². The number of likely N-dealkylation sites (tertiary alicyclic amines) is 1. The molecule has 0 saturated carbocycles. The van der Waals surface area contributed by atoms with Crippen LogP contribution in [0.3, 0.4) is 0 Å². The van der Waals surface area contributed by atoms with Gasteiger partial charge in [-0.3, -0.25) is 4.79 Å². The highest BCUT2D eigenvalue weighted by atomic mass is 16.3. The van der Waals surface area contributed by atoms with Crippen LogP contribution in [0.2, 0.25) is 0 Å². The summed E-state index contributed by atoms with van der Waals surface area (Å²) in [6, 6.07) is 0. The zero-order chi connectivity index (χ0) is 14.5. The second-order valence-corrected chi connectivity index (χ2v) is 6.54. The molecule has 2 unspecified atom stereocenters. The van der Waals surface area contributed by atoms with Crippen LogP contribution in [0.1, 0.15) is 52.9 Å². The molecule has 1 amide bonds. The summed E-state index contributed by atoms with van der Waals surface area (Å²) in [5.41, 5.74) is 4.92. The van der Waals surface area contributed by atoms with Gasteiger partial charge in [-0.1, -0.05) is 13.8 Å². The van der Waals surface area contributed by atoms with Gasteiger partial charge in [0.25, 0.3) is 0 Å². The van der Waals surface area contributed by atoms with Gasteiger partial charge in [0.1, 0.15) is 0 Å². The number of carbonyl (C=O) groups excluding carboxylic acids is 1. The zero-order valence-corrected chi connectivity index (χ0v) is 12.7.